The Morgan fingerprint density at radius 3 is 2.58 bits per heavy atom. The third-order valence-electron chi connectivity index (χ3n) is 3.92. The van der Waals surface area contributed by atoms with Gasteiger partial charge in [0.2, 0.25) is 0 Å². The van der Waals surface area contributed by atoms with Crippen molar-refractivity contribution in [2.45, 2.75) is 45.4 Å². The minimum atomic E-state index is -0.333. The van der Waals surface area contributed by atoms with Gasteiger partial charge in [0.1, 0.15) is 11.4 Å². The van der Waals surface area contributed by atoms with Crippen LogP contribution in [0.5, 0.6) is 5.75 Å². The molecule has 0 atom stereocenters. The number of hydrogen-bond donors (Lipinski definition) is 1. The van der Waals surface area contributed by atoms with Crippen molar-refractivity contribution in [3.63, 3.8) is 0 Å². The summed E-state index contributed by atoms with van der Waals surface area (Å²) in [5.41, 5.74) is 3.69. The Morgan fingerprint density at radius 2 is 1.85 bits per heavy atom. The van der Waals surface area contributed by atoms with Gasteiger partial charge in [0.25, 0.3) is 5.91 Å². The molecule has 0 radical (unpaired) electrons. The molecule has 5 nitrogen and oxygen atoms in total. The van der Waals surface area contributed by atoms with Crippen molar-refractivity contribution >= 4 is 12.1 Å². The zero-order chi connectivity index (χ0) is 18.5. The summed E-state index contributed by atoms with van der Waals surface area (Å²) in [4.78, 5) is 15.8. The highest BCUT2D eigenvalue weighted by Gasteiger charge is 2.03. The SMILES string of the molecule is CCCCCCCCOc1ccc(C=NNC(=O)c2ccccn2)cc1. The second-order valence-corrected chi connectivity index (χ2v) is 6.10. The molecule has 1 aromatic carbocycles. The lowest BCUT2D eigenvalue weighted by Crippen LogP contribution is -2.18. The number of rotatable bonds is 11. The first kappa shape index (κ1) is 19.6. The molecule has 1 amide bonds. The van der Waals surface area contributed by atoms with Gasteiger partial charge in [-0.25, -0.2) is 5.43 Å². The van der Waals surface area contributed by atoms with E-state index in [1.54, 1.807) is 30.6 Å². The molecule has 0 spiro atoms. The second-order valence-electron chi connectivity index (χ2n) is 6.10. The molecule has 0 fully saturated rings. The third-order valence-corrected chi connectivity index (χ3v) is 3.92. The van der Waals surface area contributed by atoms with E-state index in [-0.39, 0.29) is 5.91 Å². The van der Waals surface area contributed by atoms with E-state index >= 15 is 0 Å². The Balaban J connectivity index is 1.67. The van der Waals surface area contributed by atoms with Crippen LogP contribution >= 0.6 is 0 Å². The molecule has 1 aromatic heterocycles. The molecule has 2 aromatic rings. The zero-order valence-corrected chi connectivity index (χ0v) is 15.4. The summed E-state index contributed by atoms with van der Waals surface area (Å²) in [5, 5.41) is 3.95. The summed E-state index contributed by atoms with van der Waals surface area (Å²) in [6, 6.07) is 12.8. The first-order valence-electron chi connectivity index (χ1n) is 9.27. The van der Waals surface area contributed by atoms with E-state index in [1.807, 2.05) is 24.3 Å². The normalized spacial score (nSPS) is 10.8. The average Bonchev–Trinajstić information content (AvgIpc) is 2.69. The lowest BCUT2D eigenvalue weighted by Gasteiger charge is -2.06. The van der Waals surface area contributed by atoms with Crippen LogP contribution in [0.1, 0.15) is 61.5 Å². The van der Waals surface area contributed by atoms with Gasteiger partial charge in [-0.3, -0.25) is 9.78 Å². The second kappa shape index (κ2) is 11.8. The number of nitrogens with zero attached hydrogens (tertiary/aromatic N) is 2. The Kier molecular flexibility index (Phi) is 8.90. The van der Waals surface area contributed by atoms with Crippen molar-refractivity contribution in [2.24, 2.45) is 5.10 Å². The number of ether oxygens (including phenoxy) is 1. The van der Waals surface area contributed by atoms with Crippen molar-refractivity contribution in [1.29, 1.82) is 0 Å². The summed E-state index contributed by atoms with van der Waals surface area (Å²) < 4.78 is 5.75. The number of carbonyl (C=O) groups is 1. The van der Waals surface area contributed by atoms with Crippen LogP contribution in [0.15, 0.2) is 53.8 Å². The first-order valence-corrected chi connectivity index (χ1v) is 9.27. The number of hydrogen-bond acceptors (Lipinski definition) is 4. The highest BCUT2D eigenvalue weighted by Crippen LogP contribution is 2.12. The highest BCUT2D eigenvalue weighted by molar-refractivity contribution is 5.93. The molecule has 0 aliphatic carbocycles. The molecule has 138 valence electrons. The quantitative estimate of drug-likeness (QED) is 0.365. The van der Waals surface area contributed by atoms with Gasteiger partial charge in [-0.2, -0.15) is 5.10 Å². The van der Waals surface area contributed by atoms with Crippen LogP contribution in [-0.4, -0.2) is 23.7 Å². The molecule has 2 rings (SSSR count). The van der Waals surface area contributed by atoms with Crippen LogP contribution in [0.2, 0.25) is 0 Å². The molecule has 0 saturated carbocycles. The van der Waals surface area contributed by atoms with E-state index in [2.05, 4.69) is 22.4 Å². The molecular weight excluding hydrogens is 326 g/mol. The van der Waals surface area contributed by atoms with Crippen LogP contribution < -0.4 is 10.2 Å². The molecule has 0 bridgehead atoms. The summed E-state index contributed by atoms with van der Waals surface area (Å²) in [5.74, 6) is 0.522. The molecule has 0 saturated heterocycles. The van der Waals surface area contributed by atoms with Crippen LogP contribution in [0, 0.1) is 0 Å². The first-order chi connectivity index (χ1) is 12.8. The number of hydrazone groups is 1. The van der Waals surface area contributed by atoms with Crippen LogP contribution in [0.3, 0.4) is 0 Å². The van der Waals surface area contributed by atoms with Gasteiger partial charge in [0.05, 0.1) is 12.8 Å². The van der Waals surface area contributed by atoms with E-state index in [9.17, 15) is 4.79 Å². The van der Waals surface area contributed by atoms with Crippen LogP contribution in [0.25, 0.3) is 0 Å². The topological polar surface area (TPSA) is 63.6 Å². The number of unbranched alkanes of at least 4 members (excludes halogenated alkanes) is 5. The number of benzene rings is 1. The molecule has 0 aliphatic rings. The van der Waals surface area contributed by atoms with Crippen LogP contribution in [-0.2, 0) is 0 Å². The highest BCUT2D eigenvalue weighted by atomic mass is 16.5. The Labute approximate surface area is 155 Å². The van der Waals surface area contributed by atoms with E-state index in [0.717, 1.165) is 24.3 Å². The van der Waals surface area contributed by atoms with Crippen molar-refractivity contribution in [2.75, 3.05) is 6.61 Å². The van der Waals surface area contributed by atoms with Gasteiger partial charge >= 0.3 is 0 Å². The van der Waals surface area contributed by atoms with Gasteiger partial charge in [-0.1, -0.05) is 45.1 Å². The fourth-order valence-electron chi connectivity index (χ4n) is 2.44. The molecule has 1 heterocycles. The van der Waals surface area contributed by atoms with E-state index in [4.69, 9.17) is 4.74 Å². The molecule has 0 unspecified atom stereocenters. The maximum atomic E-state index is 11.8. The maximum Gasteiger partial charge on any atom is 0.289 e. The number of amides is 1. The number of aromatic nitrogens is 1. The molecular formula is C21H27N3O2. The lowest BCUT2D eigenvalue weighted by atomic mass is 10.1. The fourth-order valence-corrected chi connectivity index (χ4v) is 2.44. The monoisotopic (exact) mass is 353 g/mol. The number of carbonyl (C=O) groups excluding carboxylic acids is 1. The van der Waals surface area contributed by atoms with Crippen molar-refractivity contribution in [3.05, 3.63) is 59.9 Å². The Hall–Kier alpha value is -2.69. The maximum absolute atomic E-state index is 11.8. The van der Waals surface area contributed by atoms with Crippen LogP contribution in [0.4, 0.5) is 0 Å². The fraction of sp³-hybridized carbons (Fsp3) is 0.381. The van der Waals surface area contributed by atoms with Gasteiger partial charge < -0.3 is 4.74 Å². The van der Waals surface area contributed by atoms with Crippen molar-refractivity contribution < 1.29 is 9.53 Å². The molecule has 26 heavy (non-hydrogen) atoms. The van der Waals surface area contributed by atoms with Crippen molar-refractivity contribution in [3.8, 4) is 5.75 Å². The predicted octanol–water partition coefficient (Wildman–Crippen LogP) is 4.58. The minimum absolute atomic E-state index is 0.333. The lowest BCUT2D eigenvalue weighted by molar-refractivity contribution is 0.0950. The number of nitrogens with one attached hydrogen (secondary N) is 1. The largest absolute Gasteiger partial charge is 0.494 e. The van der Waals surface area contributed by atoms with Gasteiger partial charge in [-0.05, 0) is 48.4 Å². The summed E-state index contributed by atoms with van der Waals surface area (Å²) in [7, 11) is 0. The zero-order valence-electron chi connectivity index (χ0n) is 15.4. The summed E-state index contributed by atoms with van der Waals surface area (Å²) in [6.07, 6.45) is 10.7. The Morgan fingerprint density at radius 1 is 1.08 bits per heavy atom. The average molecular weight is 353 g/mol. The summed E-state index contributed by atoms with van der Waals surface area (Å²) in [6.45, 7) is 2.98. The third kappa shape index (κ3) is 7.47. The molecule has 0 aliphatic heterocycles. The minimum Gasteiger partial charge on any atom is -0.494 e. The summed E-state index contributed by atoms with van der Waals surface area (Å²) >= 11 is 0. The van der Waals surface area contributed by atoms with Gasteiger partial charge in [-0.15, -0.1) is 0 Å². The standard InChI is InChI=1S/C21H27N3O2/c1-2-3-4-5-6-9-16-26-19-13-11-18(12-14-19)17-23-24-21(25)20-10-7-8-15-22-20/h7-8,10-15,17H,2-6,9,16H2,1H3,(H,24,25). The Bertz CT molecular complexity index is 669. The smallest absolute Gasteiger partial charge is 0.289 e. The van der Waals surface area contributed by atoms with Gasteiger partial charge in [0, 0.05) is 6.20 Å². The van der Waals surface area contributed by atoms with E-state index in [1.165, 1.54) is 32.1 Å². The molecule has 1 N–H and O–H groups in total. The van der Waals surface area contributed by atoms with E-state index in [0.29, 0.717) is 5.69 Å². The van der Waals surface area contributed by atoms with E-state index < -0.39 is 0 Å². The number of pyridine rings is 1. The predicted molar refractivity (Wildman–Crippen MR) is 105 cm³/mol. The van der Waals surface area contributed by atoms with Crippen molar-refractivity contribution in [1.82, 2.24) is 10.4 Å². The van der Waals surface area contributed by atoms with Gasteiger partial charge in [0.15, 0.2) is 0 Å². The molecule has 5 heteroatoms.